The van der Waals surface area contributed by atoms with Crippen LogP contribution in [0.1, 0.15) is 38.6 Å². The summed E-state index contributed by atoms with van der Waals surface area (Å²) in [5.41, 5.74) is 1.79. The van der Waals surface area contributed by atoms with Crippen molar-refractivity contribution in [2.45, 2.75) is 40.7 Å². The Morgan fingerprint density at radius 1 is 1.38 bits per heavy atom. The van der Waals surface area contributed by atoms with Crippen molar-refractivity contribution in [2.24, 2.45) is 5.92 Å². The number of nitrogens with zero attached hydrogens (tertiary/aromatic N) is 1. The summed E-state index contributed by atoms with van der Waals surface area (Å²) in [7, 11) is 0. The average molecular weight is 293 g/mol. The van der Waals surface area contributed by atoms with Crippen molar-refractivity contribution in [3.8, 4) is 5.75 Å². The molecule has 0 aliphatic rings. The zero-order chi connectivity index (χ0) is 15.7. The van der Waals surface area contributed by atoms with E-state index in [2.05, 4.69) is 36.4 Å². The maximum atomic E-state index is 11.7. The van der Waals surface area contributed by atoms with Gasteiger partial charge in [0.1, 0.15) is 5.75 Å². The molecule has 1 heterocycles. The zero-order valence-corrected chi connectivity index (χ0v) is 13.5. The van der Waals surface area contributed by atoms with Crippen LogP contribution in [-0.2, 0) is 11.3 Å². The summed E-state index contributed by atoms with van der Waals surface area (Å²) < 4.78 is 5.60. The van der Waals surface area contributed by atoms with E-state index in [1.165, 1.54) is 0 Å². The SMILES string of the molecule is CCCNCc1nc(C)ccc1OCC(=O)NCC(C)C. The summed E-state index contributed by atoms with van der Waals surface area (Å²) in [6, 6.07) is 3.77. The number of pyridine rings is 1. The van der Waals surface area contributed by atoms with Gasteiger partial charge in [-0.1, -0.05) is 20.8 Å². The number of hydrogen-bond donors (Lipinski definition) is 2. The number of hydrogen-bond acceptors (Lipinski definition) is 4. The van der Waals surface area contributed by atoms with Crippen LogP contribution >= 0.6 is 0 Å². The van der Waals surface area contributed by atoms with E-state index in [9.17, 15) is 4.79 Å². The molecule has 0 unspecified atom stereocenters. The first-order chi connectivity index (χ1) is 10.0. The molecule has 0 aliphatic heterocycles. The van der Waals surface area contributed by atoms with E-state index in [0.29, 0.717) is 24.8 Å². The molecule has 0 radical (unpaired) electrons. The zero-order valence-electron chi connectivity index (χ0n) is 13.5. The van der Waals surface area contributed by atoms with Crippen molar-refractivity contribution < 1.29 is 9.53 Å². The molecule has 1 aromatic heterocycles. The van der Waals surface area contributed by atoms with E-state index in [1.54, 1.807) is 0 Å². The summed E-state index contributed by atoms with van der Waals surface area (Å²) in [6.07, 6.45) is 1.07. The third kappa shape index (κ3) is 7.09. The van der Waals surface area contributed by atoms with Crippen molar-refractivity contribution >= 4 is 5.91 Å². The first kappa shape index (κ1) is 17.4. The van der Waals surface area contributed by atoms with E-state index >= 15 is 0 Å². The lowest BCUT2D eigenvalue weighted by molar-refractivity contribution is -0.123. The van der Waals surface area contributed by atoms with E-state index in [1.807, 2.05) is 19.1 Å². The quantitative estimate of drug-likeness (QED) is 0.684. The second kappa shape index (κ2) is 9.34. The molecule has 5 heteroatoms. The molecule has 0 bridgehead atoms. The molecule has 0 atom stereocenters. The largest absolute Gasteiger partial charge is 0.482 e. The number of ether oxygens (including phenoxy) is 1. The number of aryl methyl sites for hydroxylation is 1. The van der Waals surface area contributed by atoms with Crippen LogP contribution in [0.5, 0.6) is 5.75 Å². The highest BCUT2D eigenvalue weighted by atomic mass is 16.5. The van der Waals surface area contributed by atoms with Gasteiger partial charge in [0.05, 0.1) is 5.69 Å². The Kier molecular flexibility index (Phi) is 7.75. The summed E-state index contributed by atoms with van der Waals surface area (Å²) in [6.45, 7) is 10.5. The second-order valence-electron chi connectivity index (χ2n) is 5.56. The number of carbonyl (C=O) groups excluding carboxylic acids is 1. The summed E-state index contributed by atoms with van der Waals surface area (Å²) in [4.78, 5) is 16.2. The van der Waals surface area contributed by atoms with Crippen LogP contribution in [0.3, 0.4) is 0 Å². The van der Waals surface area contributed by atoms with Gasteiger partial charge in [-0.2, -0.15) is 0 Å². The number of nitrogens with one attached hydrogen (secondary N) is 2. The molecular weight excluding hydrogens is 266 g/mol. The molecule has 0 fully saturated rings. The minimum Gasteiger partial charge on any atom is -0.482 e. The first-order valence-corrected chi connectivity index (χ1v) is 7.59. The van der Waals surface area contributed by atoms with Crippen LogP contribution in [0.2, 0.25) is 0 Å². The molecular formula is C16H27N3O2. The molecule has 0 aliphatic carbocycles. The number of aromatic nitrogens is 1. The molecule has 0 saturated heterocycles. The van der Waals surface area contributed by atoms with Gasteiger partial charge in [0.25, 0.3) is 5.91 Å². The molecule has 0 aromatic carbocycles. The first-order valence-electron chi connectivity index (χ1n) is 7.59. The van der Waals surface area contributed by atoms with E-state index < -0.39 is 0 Å². The Morgan fingerprint density at radius 3 is 2.81 bits per heavy atom. The van der Waals surface area contributed by atoms with Gasteiger partial charge >= 0.3 is 0 Å². The predicted molar refractivity (Wildman–Crippen MR) is 84.3 cm³/mol. The number of amides is 1. The fourth-order valence-electron chi connectivity index (χ4n) is 1.75. The normalized spacial score (nSPS) is 10.7. The molecule has 0 spiro atoms. The fourth-order valence-corrected chi connectivity index (χ4v) is 1.75. The van der Waals surface area contributed by atoms with Gasteiger partial charge in [-0.05, 0) is 37.9 Å². The molecule has 1 amide bonds. The second-order valence-corrected chi connectivity index (χ2v) is 5.56. The van der Waals surface area contributed by atoms with Crippen molar-refractivity contribution in [1.29, 1.82) is 0 Å². The molecule has 1 aromatic rings. The third-order valence-corrected chi connectivity index (χ3v) is 2.86. The number of rotatable bonds is 9. The maximum Gasteiger partial charge on any atom is 0.257 e. The lowest BCUT2D eigenvalue weighted by Gasteiger charge is -2.13. The van der Waals surface area contributed by atoms with Gasteiger partial charge in [0, 0.05) is 18.8 Å². The smallest absolute Gasteiger partial charge is 0.257 e. The molecule has 0 saturated carbocycles. The topological polar surface area (TPSA) is 63.3 Å². The average Bonchev–Trinajstić information content (AvgIpc) is 2.44. The van der Waals surface area contributed by atoms with Gasteiger partial charge in [-0.3, -0.25) is 9.78 Å². The van der Waals surface area contributed by atoms with Crippen LogP contribution in [0.4, 0.5) is 0 Å². The highest BCUT2D eigenvalue weighted by Crippen LogP contribution is 2.16. The van der Waals surface area contributed by atoms with E-state index in [0.717, 1.165) is 24.4 Å². The Labute approximate surface area is 127 Å². The minimum atomic E-state index is -0.100. The fraction of sp³-hybridized carbons (Fsp3) is 0.625. The van der Waals surface area contributed by atoms with Crippen LogP contribution < -0.4 is 15.4 Å². The van der Waals surface area contributed by atoms with Crippen molar-refractivity contribution in [3.63, 3.8) is 0 Å². The van der Waals surface area contributed by atoms with Crippen LogP contribution in [-0.4, -0.2) is 30.6 Å². The van der Waals surface area contributed by atoms with Crippen molar-refractivity contribution in [3.05, 3.63) is 23.5 Å². The molecule has 5 nitrogen and oxygen atoms in total. The van der Waals surface area contributed by atoms with Gasteiger partial charge < -0.3 is 15.4 Å². The highest BCUT2D eigenvalue weighted by molar-refractivity contribution is 5.77. The molecule has 2 N–H and O–H groups in total. The summed E-state index contributed by atoms with van der Waals surface area (Å²) in [5, 5.41) is 6.14. The molecule has 1 rings (SSSR count). The maximum absolute atomic E-state index is 11.7. The van der Waals surface area contributed by atoms with Gasteiger partial charge in [-0.25, -0.2) is 0 Å². The Bertz CT molecular complexity index is 447. The van der Waals surface area contributed by atoms with E-state index in [4.69, 9.17) is 4.74 Å². The molecule has 21 heavy (non-hydrogen) atoms. The third-order valence-electron chi connectivity index (χ3n) is 2.86. The minimum absolute atomic E-state index is 0.0260. The van der Waals surface area contributed by atoms with E-state index in [-0.39, 0.29) is 12.5 Å². The Balaban J connectivity index is 2.54. The lowest BCUT2D eigenvalue weighted by atomic mass is 10.2. The van der Waals surface area contributed by atoms with Crippen LogP contribution in [0.15, 0.2) is 12.1 Å². The van der Waals surface area contributed by atoms with Gasteiger partial charge in [-0.15, -0.1) is 0 Å². The van der Waals surface area contributed by atoms with Crippen LogP contribution in [0.25, 0.3) is 0 Å². The summed E-state index contributed by atoms with van der Waals surface area (Å²) in [5.74, 6) is 1.00. The van der Waals surface area contributed by atoms with Gasteiger partial charge in [0.15, 0.2) is 6.61 Å². The Morgan fingerprint density at radius 2 is 2.14 bits per heavy atom. The van der Waals surface area contributed by atoms with Gasteiger partial charge in [0.2, 0.25) is 0 Å². The Hall–Kier alpha value is -1.62. The van der Waals surface area contributed by atoms with Crippen molar-refractivity contribution in [1.82, 2.24) is 15.6 Å². The molecule has 118 valence electrons. The predicted octanol–water partition coefficient (Wildman–Crippen LogP) is 2.04. The number of carbonyl (C=O) groups is 1. The van der Waals surface area contributed by atoms with Crippen LogP contribution in [0, 0.1) is 12.8 Å². The van der Waals surface area contributed by atoms with Crippen molar-refractivity contribution in [2.75, 3.05) is 19.7 Å². The lowest BCUT2D eigenvalue weighted by Crippen LogP contribution is -2.32. The standard InChI is InChI=1S/C16H27N3O2/c1-5-8-17-10-14-15(7-6-13(4)19-14)21-11-16(20)18-9-12(2)3/h6-7,12,17H,5,8-11H2,1-4H3,(H,18,20). The monoisotopic (exact) mass is 293 g/mol. The highest BCUT2D eigenvalue weighted by Gasteiger charge is 2.09. The summed E-state index contributed by atoms with van der Waals surface area (Å²) >= 11 is 0.